The van der Waals surface area contributed by atoms with Gasteiger partial charge in [-0.15, -0.1) is 0 Å². The molecule has 0 aliphatic carbocycles. The molecule has 0 aromatic rings. The third-order valence-corrected chi connectivity index (χ3v) is 7.71. The summed E-state index contributed by atoms with van der Waals surface area (Å²) in [4.78, 5) is 46.0. The van der Waals surface area contributed by atoms with Gasteiger partial charge in [-0.1, -0.05) is 47.1 Å². The van der Waals surface area contributed by atoms with Crippen molar-refractivity contribution in [3.63, 3.8) is 0 Å². The lowest BCUT2D eigenvalue weighted by Crippen LogP contribution is -2.59. The zero-order chi connectivity index (χ0) is 27.2. The van der Waals surface area contributed by atoms with E-state index >= 15 is 0 Å². The van der Waals surface area contributed by atoms with Gasteiger partial charge in [0, 0.05) is 26.3 Å². The number of amides is 3. The zero-order valence-corrected chi connectivity index (χ0v) is 24.1. The largest absolute Gasteiger partial charge is 0.383 e. The maximum absolute atomic E-state index is 13.8. The molecule has 8 nitrogen and oxygen atoms in total. The van der Waals surface area contributed by atoms with E-state index in [9.17, 15) is 14.4 Å². The first kappa shape index (κ1) is 30.3. The number of rotatable bonds is 9. The lowest BCUT2D eigenvalue weighted by Gasteiger charge is -2.39. The molecule has 4 atom stereocenters. The lowest BCUT2D eigenvalue weighted by molar-refractivity contribution is -0.141. The first-order valence-electron chi connectivity index (χ1n) is 13.5. The van der Waals surface area contributed by atoms with Gasteiger partial charge < -0.3 is 19.9 Å². The number of nitrogens with zero attached hydrogens (tertiary/aromatic N) is 3. The van der Waals surface area contributed by atoms with Gasteiger partial charge in [0.15, 0.2) is 0 Å². The lowest BCUT2D eigenvalue weighted by atomic mass is 9.84. The monoisotopic (exact) mass is 506 g/mol. The van der Waals surface area contributed by atoms with Crippen LogP contribution in [-0.4, -0.2) is 97.5 Å². The second-order valence-corrected chi connectivity index (χ2v) is 12.1. The third kappa shape index (κ3) is 7.54. The van der Waals surface area contributed by atoms with E-state index in [1.807, 2.05) is 59.6 Å². The van der Waals surface area contributed by atoms with E-state index in [2.05, 4.69) is 10.2 Å². The Morgan fingerprint density at radius 2 is 1.78 bits per heavy atom. The Kier molecular flexibility index (Phi) is 11.0. The zero-order valence-electron chi connectivity index (χ0n) is 24.1. The summed E-state index contributed by atoms with van der Waals surface area (Å²) in [7, 11) is 5.42. The Balaban J connectivity index is 2.22. The molecular formula is C28H50N4O4. The van der Waals surface area contributed by atoms with E-state index in [1.54, 1.807) is 19.1 Å². The van der Waals surface area contributed by atoms with Crippen LogP contribution in [0.15, 0.2) is 11.6 Å². The molecule has 2 saturated heterocycles. The van der Waals surface area contributed by atoms with E-state index in [1.165, 1.54) is 0 Å². The number of ether oxygens (including phenoxy) is 1. The van der Waals surface area contributed by atoms with E-state index in [-0.39, 0.29) is 41.8 Å². The van der Waals surface area contributed by atoms with Crippen LogP contribution in [0.3, 0.4) is 0 Å². The van der Waals surface area contributed by atoms with Crippen molar-refractivity contribution in [1.82, 2.24) is 20.0 Å². The minimum absolute atomic E-state index is 0.00191. The first-order chi connectivity index (χ1) is 16.8. The van der Waals surface area contributed by atoms with E-state index in [4.69, 9.17) is 4.74 Å². The van der Waals surface area contributed by atoms with E-state index < -0.39 is 11.5 Å². The fourth-order valence-electron chi connectivity index (χ4n) is 5.42. The highest BCUT2D eigenvalue weighted by molar-refractivity contribution is 5.94. The maximum Gasteiger partial charge on any atom is 0.249 e. The SMILES string of the molecule is COC[C@@H]1CCCN1C(=O)/C(C)=C/[C@H](C(C)C)N(C)C(=O)C(NC(=O)C1CCCCN1C)C(C)(C)C. The Hall–Kier alpha value is -1.93. The van der Waals surface area contributed by atoms with Crippen molar-refractivity contribution >= 4 is 17.7 Å². The number of carbonyl (C=O) groups is 3. The van der Waals surface area contributed by atoms with Crippen LogP contribution in [0.2, 0.25) is 0 Å². The average Bonchev–Trinajstić information content (AvgIpc) is 3.27. The first-order valence-corrected chi connectivity index (χ1v) is 13.5. The summed E-state index contributed by atoms with van der Waals surface area (Å²) in [6, 6.07) is -1.05. The van der Waals surface area contributed by atoms with Gasteiger partial charge in [-0.05, 0) is 57.5 Å². The topological polar surface area (TPSA) is 82.2 Å². The molecule has 2 heterocycles. The van der Waals surface area contributed by atoms with Gasteiger partial charge in [-0.25, -0.2) is 0 Å². The molecule has 2 aliphatic rings. The van der Waals surface area contributed by atoms with Gasteiger partial charge in [0.2, 0.25) is 17.7 Å². The fourth-order valence-corrected chi connectivity index (χ4v) is 5.42. The summed E-state index contributed by atoms with van der Waals surface area (Å²) >= 11 is 0. The van der Waals surface area contributed by atoms with Crippen LogP contribution in [0.4, 0.5) is 0 Å². The van der Waals surface area contributed by atoms with Crippen LogP contribution in [0.1, 0.15) is 73.6 Å². The predicted octanol–water partition coefficient (Wildman–Crippen LogP) is 3.07. The van der Waals surface area contributed by atoms with Crippen LogP contribution in [0.25, 0.3) is 0 Å². The highest BCUT2D eigenvalue weighted by Gasteiger charge is 2.39. The van der Waals surface area contributed by atoms with Crippen LogP contribution < -0.4 is 5.32 Å². The summed E-state index contributed by atoms with van der Waals surface area (Å²) in [6.45, 7) is 14.0. The molecule has 2 unspecified atom stereocenters. The minimum Gasteiger partial charge on any atom is -0.383 e. The molecule has 0 saturated carbocycles. The predicted molar refractivity (Wildman–Crippen MR) is 143 cm³/mol. The standard InChI is InChI=1S/C28H50N4O4/c1-19(2)23(17-20(3)26(34)32-16-12-13-21(32)18-36-9)31(8)27(35)24(28(4,5)6)29-25(33)22-14-10-11-15-30(22)7/h17,19,21-24H,10-16,18H2,1-9H3,(H,29,33)/b20-17+/t21-,22?,23+,24?/m0/s1. The highest BCUT2D eigenvalue weighted by atomic mass is 16.5. The molecule has 2 fully saturated rings. The Morgan fingerprint density at radius 1 is 1.11 bits per heavy atom. The van der Waals surface area contributed by atoms with Gasteiger partial charge >= 0.3 is 0 Å². The summed E-state index contributed by atoms with van der Waals surface area (Å²) in [6.07, 6.45) is 6.76. The second kappa shape index (κ2) is 13.0. The van der Waals surface area contributed by atoms with Gasteiger partial charge in [0.1, 0.15) is 6.04 Å². The highest BCUT2D eigenvalue weighted by Crippen LogP contribution is 2.26. The molecule has 0 radical (unpaired) electrons. The number of methoxy groups -OCH3 is 1. The number of hydrogen-bond donors (Lipinski definition) is 1. The van der Waals surface area contributed by atoms with Crippen molar-refractivity contribution in [3.05, 3.63) is 11.6 Å². The molecule has 206 valence electrons. The number of likely N-dealkylation sites (N-methyl/N-ethyl adjacent to an activating group) is 2. The van der Waals surface area contributed by atoms with Crippen LogP contribution in [-0.2, 0) is 19.1 Å². The molecule has 36 heavy (non-hydrogen) atoms. The molecule has 8 heteroatoms. The maximum atomic E-state index is 13.8. The summed E-state index contributed by atoms with van der Waals surface area (Å²) in [5.41, 5.74) is 0.171. The Morgan fingerprint density at radius 3 is 2.33 bits per heavy atom. The number of likely N-dealkylation sites (tertiary alicyclic amines) is 2. The van der Waals surface area contributed by atoms with Gasteiger partial charge in [0.05, 0.1) is 24.7 Å². The molecule has 2 rings (SSSR count). The Bertz CT molecular complexity index is 804. The molecule has 0 aromatic heterocycles. The van der Waals surface area contributed by atoms with Crippen molar-refractivity contribution in [2.24, 2.45) is 11.3 Å². The minimum atomic E-state index is -0.666. The molecule has 1 N–H and O–H groups in total. The second-order valence-electron chi connectivity index (χ2n) is 12.1. The third-order valence-electron chi connectivity index (χ3n) is 7.71. The number of piperidine rings is 1. The summed E-state index contributed by atoms with van der Waals surface area (Å²) < 4.78 is 5.31. The molecule has 2 aliphatic heterocycles. The normalized spacial score (nSPS) is 23.5. The van der Waals surface area contributed by atoms with Gasteiger partial charge in [0.25, 0.3) is 0 Å². The summed E-state index contributed by atoms with van der Waals surface area (Å²) in [5.74, 6) is -0.124. The van der Waals surface area contributed by atoms with E-state index in [0.29, 0.717) is 12.2 Å². The van der Waals surface area contributed by atoms with Gasteiger partial charge in [-0.2, -0.15) is 0 Å². The van der Waals surface area contributed by atoms with Crippen LogP contribution >= 0.6 is 0 Å². The van der Waals surface area contributed by atoms with Crippen LogP contribution in [0.5, 0.6) is 0 Å². The van der Waals surface area contributed by atoms with Gasteiger partial charge in [-0.3, -0.25) is 19.3 Å². The van der Waals surface area contributed by atoms with Crippen molar-refractivity contribution in [2.75, 3.05) is 40.9 Å². The molecule has 0 bridgehead atoms. The van der Waals surface area contributed by atoms with E-state index in [0.717, 1.165) is 45.2 Å². The molecule has 0 aromatic carbocycles. The Labute approximate surface area is 218 Å². The van der Waals surface area contributed by atoms with Crippen molar-refractivity contribution in [2.45, 2.75) is 97.8 Å². The summed E-state index contributed by atoms with van der Waals surface area (Å²) in [5, 5.41) is 3.09. The number of hydrogen-bond acceptors (Lipinski definition) is 5. The quantitative estimate of drug-likeness (QED) is 0.486. The average molecular weight is 507 g/mol. The van der Waals surface area contributed by atoms with Crippen molar-refractivity contribution in [1.29, 1.82) is 0 Å². The van der Waals surface area contributed by atoms with Crippen LogP contribution in [0, 0.1) is 11.3 Å². The number of nitrogens with one attached hydrogen (secondary N) is 1. The molecule has 0 spiro atoms. The molecular weight excluding hydrogens is 456 g/mol. The number of carbonyl (C=O) groups excluding carboxylic acids is 3. The van der Waals surface area contributed by atoms with Crippen molar-refractivity contribution < 1.29 is 19.1 Å². The smallest absolute Gasteiger partial charge is 0.249 e. The molecule has 3 amide bonds. The van der Waals surface area contributed by atoms with Crippen molar-refractivity contribution in [3.8, 4) is 0 Å². The fraction of sp³-hybridized carbons (Fsp3) is 0.821.